The molecule has 0 radical (unpaired) electrons. The lowest BCUT2D eigenvalue weighted by atomic mass is 10.0. The monoisotopic (exact) mass is 529 g/mol. The molecule has 3 amide bonds. The molecule has 0 saturated heterocycles. The van der Waals surface area contributed by atoms with Gasteiger partial charge in [-0.2, -0.15) is 0 Å². The molecule has 0 aliphatic carbocycles. The van der Waals surface area contributed by atoms with Crippen molar-refractivity contribution in [2.24, 2.45) is 5.92 Å². The molecular weight excluding hydrogens is 494 g/mol. The Balaban J connectivity index is 1.79. The van der Waals surface area contributed by atoms with E-state index >= 15 is 0 Å². The van der Waals surface area contributed by atoms with Crippen LogP contribution in [0.2, 0.25) is 5.02 Å². The number of benzene rings is 2. The number of para-hydroxylation sites is 1. The third-order valence-corrected chi connectivity index (χ3v) is 6.34. The SMILES string of the molecule is COc1ccccc1CC(=O)N1CCCCNC(=O)c2cc(Cl)ccc2OC[C@H](CC(C)C)NC(=O)C1. The Labute approximate surface area is 223 Å². The summed E-state index contributed by atoms with van der Waals surface area (Å²) in [6.45, 7) is 5.06. The number of methoxy groups -OCH3 is 1. The fourth-order valence-corrected chi connectivity index (χ4v) is 4.49. The van der Waals surface area contributed by atoms with Gasteiger partial charge in [0.1, 0.15) is 18.1 Å². The van der Waals surface area contributed by atoms with E-state index in [1.54, 1.807) is 30.2 Å². The van der Waals surface area contributed by atoms with Crippen molar-refractivity contribution in [2.75, 3.05) is 33.4 Å². The first-order valence-electron chi connectivity index (χ1n) is 12.7. The first-order valence-corrected chi connectivity index (χ1v) is 13.0. The van der Waals surface area contributed by atoms with Gasteiger partial charge in [0.2, 0.25) is 11.8 Å². The number of carbonyl (C=O) groups is 3. The second-order valence-electron chi connectivity index (χ2n) is 9.61. The fraction of sp³-hybridized carbons (Fsp3) is 0.464. The van der Waals surface area contributed by atoms with Crippen LogP contribution in [0.15, 0.2) is 42.5 Å². The van der Waals surface area contributed by atoms with Gasteiger partial charge in [0.15, 0.2) is 0 Å². The Morgan fingerprint density at radius 3 is 2.73 bits per heavy atom. The normalized spacial score (nSPS) is 17.5. The maximum absolute atomic E-state index is 13.3. The van der Waals surface area contributed by atoms with E-state index in [-0.39, 0.29) is 43.3 Å². The van der Waals surface area contributed by atoms with Crippen LogP contribution in [0.25, 0.3) is 0 Å². The Morgan fingerprint density at radius 2 is 1.97 bits per heavy atom. The predicted octanol–water partition coefficient (Wildman–Crippen LogP) is 3.85. The van der Waals surface area contributed by atoms with E-state index in [9.17, 15) is 14.4 Å². The minimum atomic E-state index is -0.296. The maximum atomic E-state index is 13.3. The lowest BCUT2D eigenvalue weighted by Crippen LogP contribution is -2.47. The third-order valence-electron chi connectivity index (χ3n) is 6.11. The van der Waals surface area contributed by atoms with Crippen molar-refractivity contribution in [1.29, 1.82) is 0 Å². The minimum absolute atomic E-state index is 0.0544. The summed E-state index contributed by atoms with van der Waals surface area (Å²) in [5.41, 5.74) is 1.12. The van der Waals surface area contributed by atoms with Gasteiger partial charge in [0.05, 0.1) is 31.7 Å². The highest BCUT2D eigenvalue weighted by Gasteiger charge is 2.23. The molecule has 37 heavy (non-hydrogen) atoms. The first kappa shape index (κ1) is 28.3. The van der Waals surface area contributed by atoms with Gasteiger partial charge in [-0.15, -0.1) is 0 Å². The minimum Gasteiger partial charge on any atom is -0.496 e. The van der Waals surface area contributed by atoms with Crippen molar-refractivity contribution in [1.82, 2.24) is 15.5 Å². The van der Waals surface area contributed by atoms with Gasteiger partial charge in [-0.25, -0.2) is 0 Å². The number of rotatable bonds is 5. The standard InChI is InChI=1S/C28H36ClN3O5/c1-19(2)14-22-18-37-25-11-10-21(29)16-23(25)28(35)30-12-6-7-13-32(17-26(33)31-22)27(34)15-20-8-4-5-9-24(20)36-3/h4-5,8-11,16,19,22H,6-7,12-15,17-18H2,1-3H3,(H,30,35)(H,31,33)/t22-/m0/s1. The average molecular weight is 530 g/mol. The van der Waals surface area contributed by atoms with Crippen LogP contribution in [0.4, 0.5) is 0 Å². The lowest BCUT2D eigenvalue weighted by molar-refractivity contribution is -0.136. The second-order valence-corrected chi connectivity index (χ2v) is 10.0. The van der Waals surface area contributed by atoms with Gasteiger partial charge in [-0.1, -0.05) is 43.6 Å². The molecule has 0 unspecified atom stereocenters. The summed E-state index contributed by atoms with van der Waals surface area (Å²) in [6, 6.07) is 12.0. The van der Waals surface area contributed by atoms with Crippen LogP contribution in [0.3, 0.4) is 0 Å². The first-order chi connectivity index (χ1) is 17.8. The number of carbonyl (C=O) groups excluding carboxylic acids is 3. The third kappa shape index (κ3) is 8.67. The molecule has 2 aromatic carbocycles. The maximum Gasteiger partial charge on any atom is 0.255 e. The molecule has 1 atom stereocenters. The summed E-state index contributed by atoms with van der Waals surface area (Å²) < 4.78 is 11.4. The molecule has 8 nitrogen and oxygen atoms in total. The van der Waals surface area contributed by atoms with Crippen LogP contribution in [-0.2, 0) is 16.0 Å². The summed E-state index contributed by atoms with van der Waals surface area (Å²) in [7, 11) is 1.57. The van der Waals surface area contributed by atoms with E-state index in [1.807, 2.05) is 24.3 Å². The van der Waals surface area contributed by atoms with Crippen molar-refractivity contribution in [3.05, 3.63) is 58.6 Å². The zero-order valence-corrected chi connectivity index (χ0v) is 22.5. The molecular formula is C28H36ClN3O5. The highest BCUT2D eigenvalue weighted by atomic mass is 35.5. The van der Waals surface area contributed by atoms with Crippen LogP contribution >= 0.6 is 11.6 Å². The zero-order valence-electron chi connectivity index (χ0n) is 21.7. The van der Waals surface area contributed by atoms with E-state index < -0.39 is 0 Å². The second kappa shape index (κ2) is 13.9. The molecule has 0 spiro atoms. The predicted molar refractivity (Wildman–Crippen MR) is 143 cm³/mol. The summed E-state index contributed by atoms with van der Waals surface area (Å²) in [6.07, 6.45) is 2.07. The molecule has 200 valence electrons. The van der Waals surface area contributed by atoms with E-state index in [2.05, 4.69) is 24.5 Å². The Morgan fingerprint density at radius 1 is 1.19 bits per heavy atom. The van der Waals surface area contributed by atoms with Crippen molar-refractivity contribution >= 4 is 29.3 Å². The molecule has 9 heteroatoms. The van der Waals surface area contributed by atoms with E-state index in [1.165, 1.54) is 0 Å². The molecule has 1 aliphatic heterocycles. The van der Waals surface area contributed by atoms with Gasteiger partial charge in [-0.3, -0.25) is 14.4 Å². The van der Waals surface area contributed by atoms with Crippen molar-refractivity contribution in [2.45, 2.75) is 45.6 Å². The highest BCUT2D eigenvalue weighted by Crippen LogP contribution is 2.24. The Bertz CT molecular complexity index is 1090. The van der Waals surface area contributed by atoms with Crippen LogP contribution < -0.4 is 20.1 Å². The number of nitrogens with one attached hydrogen (secondary N) is 2. The Kier molecular flexibility index (Phi) is 10.6. The number of ether oxygens (including phenoxy) is 2. The van der Waals surface area contributed by atoms with Gasteiger partial charge < -0.3 is 25.0 Å². The van der Waals surface area contributed by atoms with E-state index in [0.29, 0.717) is 60.4 Å². The Hall–Kier alpha value is -3.26. The molecule has 2 N–H and O–H groups in total. The van der Waals surface area contributed by atoms with E-state index in [0.717, 1.165) is 5.56 Å². The lowest BCUT2D eigenvalue weighted by Gasteiger charge is -2.25. The quantitative estimate of drug-likeness (QED) is 0.613. The summed E-state index contributed by atoms with van der Waals surface area (Å²) in [5.74, 6) is 0.659. The van der Waals surface area contributed by atoms with Gasteiger partial charge in [0, 0.05) is 23.7 Å². The summed E-state index contributed by atoms with van der Waals surface area (Å²) in [4.78, 5) is 40.7. The van der Waals surface area contributed by atoms with E-state index in [4.69, 9.17) is 21.1 Å². The number of halogens is 1. The van der Waals surface area contributed by atoms with Crippen LogP contribution in [0, 0.1) is 5.92 Å². The van der Waals surface area contributed by atoms with Crippen molar-refractivity contribution in [3.63, 3.8) is 0 Å². The highest BCUT2D eigenvalue weighted by molar-refractivity contribution is 6.31. The zero-order chi connectivity index (χ0) is 26.8. The molecule has 0 bridgehead atoms. The molecule has 1 heterocycles. The molecule has 0 aromatic heterocycles. The number of hydrogen-bond acceptors (Lipinski definition) is 5. The average Bonchev–Trinajstić information content (AvgIpc) is 2.86. The van der Waals surface area contributed by atoms with Gasteiger partial charge >= 0.3 is 0 Å². The number of hydrogen-bond donors (Lipinski definition) is 2. The summed E-state index contributed by atoms with van der Waals surface area (Å²) >= 11 is 6.14. The number of fused-ring (bicyclic) bond motifs is 1. The summed E-state index contributed by atoms with van der Waals surface area (Å²) in [5, 5.41) is 6.38. The van der Waals surface area contributed by atoms with Crippen LogP contribution in [0.1, 0.15) is 49.0 Å². The fourth-order valence-electron chi connectivity index (χ4n) is 4.32. The van der Waals surface area contributed by atoms with Crippen molar-refractivity contribution < 1.29 is 23.9 Å². The molecule has 1 aliphatic rings. The molecule has 0 fully saturated rings. The number of nitrogens with zero attached hydrogens (tertiary/aromatic N) is 1. The van der Waals surface area contributed by atoms with Gasteiger partial charge in [0.25, 0.3) is 5.91 Å². The molecule has 0 saturated carbocycles. The topological polar surface area (TPSA) is 97.0 Å². The van der Waals surface area contributed by atoms with Crippen molar-refractivity contribution in [3.8, 4) is 11.5 Å². The largest absolute Gasteiger partial charge is 0.496 e. The smallest absolute Gasteiger partial charge is 0.255 e. The van der Waals surface area contributed by atoms with Gasteiger partial charge in [-0.05, 0) is 49.4 Å². The van der Waals surface area contributed by atoms with Crippen LogP contribution in [-0.4, -0.2) is 62.0 Å². The molecule has 2 aromatic rings. The molecule has 3 rings (SSSR count). The van der Waals surface area contributed by atoms with Crippen LogP contribution in [0.5, 0.6) is 11.5 Å². The number of amides is 3.